The molecular weight excluding hydrogens is 472 g/mol. The Morgan fingerprint density at radius 3 is 2.32 bits per heavy atom. The SMILES string of the molecule is COc1ccc(OC)c(-c2c(C3c4ccccc4C(=O)N3CCc3ccccc3)c3ccccc3n2C)c1. The summed E-state index contributed by atoms with van der Waals surface area (Å²) >= 11 is 0. The van der Waals surface area contributed by atoms with E-state index in [9.17, 15) is 4.79 Å². The smallest absolute Gasteiger partial charge is 0.255 e. The van der Waals surface area contributed by atoms with Crippen molar-refractivity contribution in [2.75, 3.05) is 20.8 Å². The topological polar surface area (TPSA) is 43.7 Å². The van der Waals surface area contributed by atoms with Gasteiger partial charge in [-0.3, -0.25) is 4.79 Å². The molecule has 0 N–H and O–H groups in total. The largest absolute Gasteiger partial charge is 0.497 e. The molecule has 1 atom stereocenters. The van der Waals surface area contributed by atoms with E-state index in [1.165, 1.54) is 5.56 Å². The van der Waals surface area contributed by atoms with Crippen LogP contribution in [0.15, 0.2) is 97.1 Å². The lowest BCUT2D eigenvalue weighted by atomic mass is 9.92. The predicted molar refractivity (Wildman–Crippen MR) is 151 cm³/mol. The average Bonchev–Trinajstić information content (AvgIpc) is 3.42. The standard InChI is InChI=1S/C33H30N2O3/c1-34-28-16-10-9-15-26(28)30(31(34)27-21-23(37-2)17-18-29(27)38-3)32-24-13-7-8-14-25(24)33(36)35(32)20-19-22-11-5-4-6-12-22/h4-18,21,32H,19-20H2,1-3H3. The predicted octanol–water partition coefficient (Wildman–Crippen LogP) is 6.65. The molecule has 1 aromatic heterocycles. The molecule has 0 saturated carbocycles. The summed E-state index contributed by atoms with van der Waals surface area (Å²) in [6.45, 7) is 0.611. The maximum atomic E-state index is 13.9. The van der Waals surface area contributed by atoms with Gasteiger partial charge in [0.05, 0.1) is 26.0 Å². The Labute approximate surface area is 222 Å². The summed E-state index contributed by atoms with van der Waals surface area (Å²) in [7, 11) is 5.44. The van der Waals surface area contributed by atoms with Gasteiger partial charge in [-0.1, -0.05) is 66.7 Å². The van der Waals surface area contributed by atoms with Crippen LogP contribution in [0.25, 0.3) is 22.2 Å². The number of aromatic nitrogens is 1. The van der Waals surface area contributed by atoms with Crippen LogP contribution in [-0.2, 0) is 13.5 Å². The number of rotatable bonds is 7. The van der Waals surface area contributed by atoms with Crippen molar-refractivity contribution in [1.29, 1.82) is 0 Å². The fourth-order valence-electron chi connectivity index (χ4n) is 5.83. The number of fused-ring (bicyclic) bond motifs is 2. The second-order valence-corrected chi connectivity index (χ2v) is 9.63. The number of ether oxygens (including phenoxy) is 2. The number of carbonyl (C=O) groups excluding carboxylic acids is 1. The van der Waals surface area contributed by atoms with E-state index >= 15 is 0 Å². The minimum Gasteiger partial charge on any atom is -0.497 e. The Morgan fingerprint density at radius 2 is 1.53 bits per heavy atom. The summed E-state index contributed by atoms with van der Waals surface area (Å²) in [6.07, 6.45) is 0.777. The van der Waals surface area contributed by atoms with E-state index in [-0.39, 0.29) is 11.9 Å². The average molecular weight is 503 g/mol. The molecule has 0 saturated heterocycles. The third kappa shape index (κ3) is 3.82. The molecule has 0 fully saturated rings. The molecule has 1 amide bonds. The normalized spacial score (nSPS) is 14.7. The fourth-order valence-corrected chi connectivity index (χ4v) is 5.83. The quantitative estimate of drug-likeness (QED) is 0.250. The molecule has 0 radical (unpaired) electrons. The number of nitrogens with zero attached hydrogens (tertiary/aromatic N) is 2. The van der Waals surface area contributed by atoms with Crippen molar-refractivity contribution in [2.24, 2.45) is 7.05 Å². The molecule has 1 aliphatic rings. The zero-order chi connectivity index (χ0) is 26.2. The van der Waals surface area contributed by atoms with Crippen LogP contribution in [0.3, 0.4) is 0 Å². The van der Waals surface area contributed by atoms with Crippen LogP contribution >= 0.6 is 0 Å². The first kappa shape index (κ1) is 23.9. The van der Waals surface area contributed by atoms with Crippen LogP contribution in [0.5, 0.6) is 11.5 Å². The van der Waals surface area contributed by atoms with E-state index in [4.69, 9.17) is 9.47 Å². The van der Waals surface area contributed by atoms with E-state index < -0.39 is 0 Å². The van der Waals surface area contributed by atoms with Crippen LogP contribution in [0.4, 0.5) is 0 Å². The highest BCUT2D eigenvalue weighted by Gasteiger charge is 2.40. The van der Waals surface area contributed by atoms with E-state index in [2.05, 4.69) is 54.1 Å². The van der Waals surface area contributed by atoms with Crippen molar-refractivity contribution < 1.29 is 14.3 Å². The van der Waals surface area contributed by atoms with Gasteiger partial charge in [-0.15, -0.1) is 0 Å². The first-order chi connectivity index (χ1) is 18.6. The molecule has 38 heavy (non-hydrogen) atoms. The minimum absolute atomic E-state index is 0.0676. The van der Waals surface area contributed by atoms with Gasteiger partial charge in [0.15, 0.2) is 0 Å². The van der Waals surface area contributed by atoms with Crippen LogP contribution in [-0.4, -0.2) is 36.1 Å². The number of para-hydroxylation sites is 1. The van der Waals surface area contributed by atoms with Crippen molar-refractivity contribution in [1.82, 2.24) is 9.47 Å². The van der Waals surface area contributed by atoms with E-state index in [0.717, 1.165) is 56.8 Å². The first-order valence-electron chi connectivity index (χ1n) is 12.9. The van der Waals surface area contributed by atoms with Crippen LogP contribution in [0.2, 0.25) is 0 Å². The molecule has 4 aromatic carbocycles. The third-order valence-corrected chi connectivity index (χ3v) is 7.62. The minimum atomic E-state index is -0.237. The zero-order valence-corrected chi connectivity index (χ0v) is 21.8. The molecule has 0 spiro atoms. The maximum Gasteiger partial charge on any atom is 0.255 e. The lowest BCUT2D eigenvalue weighted by Crippen LogP contribution is -2.31. The van der Waals surface area contributed by atoms with Crippen molar-refractivity contribution >= 4 is 16.8 Å². The number of carbonyl (C=O) groups is 1. The molecule has 0 bridgehead atoms. The molecule has 0 aliphatic carbocycles. The van der Waals surface area contributed by atoms with E-state index in [1.807, 2.05) is 59.5 Å². The van der Waals surface area contributed by atoms with Gasteiger partial charge < -0.3 is 18.9 Å². The number of aryl methyl sites for hydroxylation is 1. The molecule has 2 heterocycles. The van der Waals surface area contributed by atoms with Crippen LogP contribution < -0.4 is 9.47 Å². The number of benzene rings is 4. The molecular formula is C33H30N2O3. The second kappa shape index (κ2) is 9.75. The molecule has 5 heteroatoms. The van der Waals surface area contributed by atoms with Gasteiger partial charge >= 0.3 is 0 Å². The number of amides is 1. The first-order valence-corrected chi connectivity index (χ1v) is 12.9. The van der Waals surface area contributed by atoms with Crippen LogP contribution in [0.1, 0.15) is 33.1 Å². The summed E-state index contributed by atoms with van der Waals surface area (Å²) in [5.41, 5.74) is 7.15. The number of hydrogen-bond acceptors (Lipinski definition) is 3. The summed E-state index contributed by atoms with van der Waals surface area (Å²) in [6, 6.07) is 32.4. The molecule has 6 rings (SSSR count). The number of hydrogen-bond donors (Lipinski definition) is 0. The summed E-state index contributed by atoms with van der Waals surface area (Å²) in [5.74, 6) is 1.57. The van der Waals surface area contributed by atoms with Gasteiger partial charge in [-0.2, -0.15) is 0 Å². The van der Waals surface area contributed by atoms with Gasteiger partial charge in [0.2, 0.25) is 0 Å². The molecule has 190 valence electrons. The maximum absolute atomic E-state index is 13.9. The summed E-state index contributed by atoms with van der Waals surface area (Å²) in [4.78, 5) is 15.9. The lowest BCUT2D eigenvalue weighted by Gasteiger charge is -2.27. The van der Waals surface area contributed by atoms with Crippen molar-refractivity contribution in [2.45, 2.75) is 12.5 Å². The van der Waals surface area contributed by atoms with Gasteiger partial charge in [0, 0.05) is 41.2 Å². The molecule has 5 nitrogen and oxygen atoms in total. The van der Waals surface area contributed by atoms with E-state index in [0.29, 0.717) is 6.54 Å². The Balaban J connectivity index is 1.60. The Bertz CT molecular complexity index is 1640. The highest BCUT2D eigenvalue weighted by molar-refractivity contribution is 6.02. The summed E-state index contributed by atoms with van der Waals surface area (Å²) in [5, 5.41) is 1.12. The van der Waals surface area contributed by atoms with Gasteiger partial charge in [0.1, 0.15) is 11.5 Å². The van der Waals surface area contributed by atoms with E-state index in [1.54, 1.807) is 14.2 Å². The molecule has 1 aliphatic heterocycles. The third-order valence-electron chi connectivity index (χ3n) is 7.62. The lowest BCUT2D eigenvalue weighted by molar-refractivity contribution is 0.0753. The monoisotopic (exact) mass is 502 g/mol. The van der Waals surface area contributed by atoms with Crippen LogP contribution in [0, 0.1) is 0 Å². The number of methoxy groups -OCH3 is 2. The zero-order valence-electron chi connectivity index (χ0n) is 21.8. The Hall–Kier alpha value is -4.51. The highest BCUT2D eigenvalue weighted by atomic mass is 16.5. The second-order valence-electron chi connectivity index (χ2n) is 9.63. The Kier molecular flexibility index (Phi) is 6.12. The van der Waals surface area contributed by atoms with Crippen molar-refractivity contribution in [3.63, 3.8) is 0 Å². The molecule has 5 aromatic rings. The highest BCUT2D eigenvalue weighted by Crippen LogP contribution is 2.48. The van der Waals surface area contributed by atoms with Gasteiger partial charge in [-0.25, -0.2) is 0 Å². The van der Waals surface area contributed by atoms with Gasteiger partial charge in [-0.05, 0) is 47.9 Å². The van der Waals surface area contributed by atoms with Crippen molar-refractivity contribution in [3.8, 4) is 22.8 Å². The van der Waals surface area contributed by atoms with Gasteiger partial charge in [0.25, 0.3) is 5.91 Å². The summed E-state index contributed by atoms with van der Waals surface area (Å²) < 4.78 is 13.7. The van der Waals surface area contributed by atoms with Crippen molar-refractivity contribution in [3.05, 3.63) is 119 Å². The Morgan fingerprint density at radius 1 is 0.789 bits per heavy atom. The molecule has 1 unspecified atom stereocenters. The fraction of sp³-hybridized carbons (Fsp3) is 0.182.